The lowest BCUT2D eigenvalue weighted by Gasteiger charge is -2.36. The minimum atomic E-state index is -2.88. The van der Waals surface area contributed by atoms with E-state index >= 15 is 0 Å². The number of ether oxygens (including phenoxy) is 2. The van der Waals surface area contributed by atoms with Crippen LogP contribution in [0.5, 0.6) is 11.6 Å². The number of carbonyl (C=O) groups excluding carboxylic acids is 1. The number of carbonyl (C=O) groups is 1. The van der Waals surface area contributed by atoms with Crippen LogP contribution in [-0.4, -0.2) is 57.8 Å². The van der Waals surface area contributed by atoms with Crippen LogP contribution < -0.4 is 19.3 Å². The van der Waals surface area contributed by atoms with Gasteiger partial charge in [-0.2, -0.15) is 10.1 Å². The number of fused-ring (bicyclic) bond motifs is 2. The maximum absolute atomic E-state index is 13.9. The highest BCUT2D eigenvalue weighted by Crippen LogP contribution is 2.38. The standard InChI is InChI=1S/C26H24BF2N5O5/c1-15(2)33-13-17-11-19(6-9-21(17)31-33)32-12-16-3-10-23(38-14-22(28)29)30-24(16)34(25(32)35)18-4-7-20(8-5-18)39-26(27,36)37/h3-11,13,15,22,36-37H,12,14H2,1-2H3. The van der Waals surface area contributed by atoms with Crippen molar-refractivity contribution in [2.45, 2.75) is 38.7 Å². The molecule has 1 aliphatic rings. The SMILES string of the molecule is [B]C(O)(O)Oc1ccc(N2C(=O)N(c3ccc4nn(C(C)C)cc4c3)Cc3ccc(OCC(F)F)nc32)cc1. The first-order chi connectivity index (χ1) is 18.5. The molecule has 2 amide bonds. The van der Waals surface area contributed by atoms with Crippen LogP contribution in [0.25, 0.3) is 10.9 Å². The van der Waals surface area contributed by atoms with Crippen molar-refractivity contribution in [2.24, 2.45) is 0 Å². The lowest BCUT2D eigenvalue weighted by molar-refractivity contribution is -0.223. The first-order valence-electron chi connectivity index (χ1n) is 12.0. The van der Waals surface area contributed by atoms with Gasteiger partial charge in [-0.25, -0.2) is 18.5 Å². The molecule has 1 aliphatic heterocycles. The monoisotopic (exact) mass is 535 g/mol. The zero-order valence-corrected chi connectivity index (χ0v) is 21.0. The Hall–Kier alpha value is -4.23. The summed E-state index contributed by atoms with van der Waals surface area (Å²) in [4.78, 5) is 21.2. The number of hydrogen-bond donors (Lipinski definition) is 2. The minimum Gasteiger partial charge on any atom is -0.472 e. The van der Waals surface area contributed by atoms with E-state index < -0.39 is 24.9 Å². The number of hydrogen-bond acceptors (Lipinski definition) is 7. The summed E-state index contributed by atoms with van der Waals surface area (Å²) in [7, 11) is 5.07. The van der Waals surface area contributed by atoms with Gasteiger partial charge >= 0.3 is 6.03 Å². The number of alkyl halides is 2. The Morgan fingerprint density at radius 3 is 2.46 bits per heavy atom. The van der Waals surface area contributed by atoms with Crippen molar-refractivity contribution in [1.29, 1.82) is 0 Å². The quantitative estimate of drug-likeness (QED) is 0.258. The second kappa shape index (κ2) is 10.2. The van der Waals surface area contributed by atoms with Crippen molar-refractivity contribution in [3.63, 3.8) is 0 Å². The van der Waals surface area contributed by atoms with Crippen molar-refractivity contribution >= 4 is 42.0 Å². The first-order valence-corrected chi connectivity index (χ1v) is 12.0. The molecule has 0 saturated carbocycles. The molecule has 10 nitrogen and oxygen atoms in total. The van der Waals surface area contributed by atoms with Gasteiger partial charge in [-0.15, -0.1) is 0 Å². The lowest BCUT2D eigenvalue weighted by atomic mass is 10.1. The number of rotatable bonds is 8. The molecule has 2 radical (unpaired) electrons. The molecule has 39 heavy (non-hydrogen) atoms. The molecular formula is C26H24BF2N5O5. The summed E-state index contributed by atoms with van der Waals surface area (Å²) >= 11 is 0. The number of aromatic nitrogens is 3. The molecule has 2 aromatic carbocycles. The molecule has 200 valence electrons. The molecule has 0 saturated heterocycles. The number of amides is 2. The van der Waals surface area contributed by atoms with Crippen LogP contribution >= 0.6 is 0 Å². The summed E-state index contributed by atoms with van der Waals surface area (Å²) in [6.07, 6.45) is -0.776. The Kier molecular flexibility index (Phi) is 6.87. The highest BCUT2D eigenvalue weighted by atomic mass is 19.3. The fourth-order valence-electron chi connectivity index (χ4n) is 4.19. The molecule has 0 unspecified atom stereocenters. The summed E-state index contributed by atoms with van der Waals surface area (Å²) < 4.78 is 37.2. The Bertz CT molecular complexity index is 1510. The summed E-state index contributed by atoms with van der Waals surface area (Å²) in [5.41, 5.74) is 2.40. The second-order valence-electron chi connectivity index (χ2n) is 9.24. The van der Waals surface area contributed by atoms with Crippen LogP contribution in [0, 0.1) is 0 Å². The van der Waals surface area contributed by atoms with E-state index in [0.29, 0.717) is 16.9 Å². The largest absolute Gasteiger partial charge is 0.472 e. The minimum absolute atomic E-state index is 0.0300. The van der Waals surface area contributed by atoms with E-state index in [-0.39, 0.29) is 30.0 Å². The van der Waals surface area contributed by atoms with Gasteiger partial charge in [0.05, 0.1) is 17.7 Å². The molecule has 13 heteroatoms. The molecule has 0 fully saturated rings. The van der Waals surface area contributed by atoms with E-state index in [0.717, 1.165) is 10.9 Å². The number of anilines is 3. The number of urea groups is 1. The summed E-state index contributed by atoms with van der Waals surface area (Å²) in [5.74, 6) is -2.70. The van der Waals surface area contributed by atoms with E-state index in [9.17, 15) is 23.8 Å². The normalized spacial score (nSPS) is 13.9. The van der Waals surface area contributed by atoms with Crippen LogP contribution in [0.15, 0.2) is 60.8 Å². The summed E-state index contributed by atoms with van der Waals surface area (Å²) in [6.45, 7) is 3.37. The van der Waals surface area contributed by atoms with Crippen LogP contribution in [0.3, 0.4) is 0 Å². The fraction of sp³-hybridized carbons (Fsp3) is 0.269. The van der Waals surface area contributed by atoms with Gasteiger partial charge in [-0.3, -0.25) is 9.58 Å². The molecule has 2 N–H and O–H groups in total. The van der Waals surface area contributed by atoms with E-state index in [1.165, 1.54) is 35.2 Å². The molecule has 0 spiro atoms. The van der Waals surface area contributed by atoms with E-state index in [1.54, 1.807) is 17.0 Å². The Balaban J connectivity index is 1.55. The van der Waals surface area contributed by atoms with Crippen molar-refractivity contribution in [3.8, 4) is 11.6 Å². The third-order valence-corrected chi connectivity index (χ3v) is 5.96. The lowest BCUT2D eigenvalue weighted by Crippen LogP contribution is -2.45. The van der Waals surface area contributed by atoms with E-state index in [2.05, 4.69) is 10.1 Å². The topological polar surface area (TPSA) is 113 Å². The van der Waals surface area contributed by atoms with Gasteiger partial charge < -0.3 is 19.7 Å². The Morgan fingerprint density at radius 2 is 1.79 bits per heavy atom. The maximum atomic E-state index is 13.9. The van der Waals surface area contributed by atoms with Gasteiger partial charge in [0.1, 0.15) is 11.6 Å². The van der Waals surface area contributed by atoms with Crippen LogP contribution in [0.2, 0.25) is 0 Å². The second-order valence-corrected chi connectivity index (χ2v) is 9.24. The Labute approximate surface area is 223 Å². The number of benzene rings is 2. The predicted molar refractivity (Wildman–Crippen MR) is 140 cm³/mol. The average molecular weight is 535 g/mol. The molecular weight excluding hydrogens is 511 g/mol. The third-order valence-electron chi connectivity index (χ3n) is 5.96. The maximum Gasteiger partial charge on any atom is 0.335 e. The third kappa shape index (κ3) is 5.64. The molecule has 0 atom stereocenters. The van der Waals surface area contributed by atoms with Gasteiger partial charge in [0.15, 0.2) is 6.61 Å². The molecule has 4 aromatic rings. The van der Waals surface area contributed by atoms with Crippen LogP contribution in [-0.2, 0) is 6.54 Å². The summed E-state index contributed by atoms with van der Waals surface area (Å²) in [6, 6.07) is 14.1. The van der Waals surface area contributed by atoms with Gasteiger partial charge in [0.25, 0.3) is 12.3 Å². The summed E-state index contributed by atoms with van der Waals surface area (Å²) in [5, 5.41) is 24.0. The van der Waals surface area contributed by atoms with Gasteiger partial charge in [0.2, 0.25) is 13.7 Å². The van der Waals surface area contributed by atoms with Crippen LogP contribution in [0.1, 0.15) is 25.5 Å². The van der Waals surface area contributed by atoms with Crippen LogP contribution in [0.4, 0.5) is 30.8 Å². The number of pyridine rings is 1. The smallest absolute Gasteiger partial charge is 0.335 e. The van der Waals surface area contributed by atoms with E-state index in [4.69, 9.17) is 17.3 Å². The molecule has 3 heterocycles. The van der Waals surface area contributed by atoms with Gasteiger partial charge in [-0.1, -0.05) is 0 Å². The Morgan fingerprint density at radius 1 is 1.08 bits per heavy atom. The predicted octanol–water partition coefficient (Wildman–Crippen LogP) is 4.08. The van der Waals surface area contributed by atoms with Crippen molar-refractivity contribution in [2.75, 3.05) is 16.4 Å². The highest BCUT2D eigenvalue weighted by molar-refractivity contribution is 6.12. The zero-order chi connectivity index (χ0) is 27.9. The number of nitrogens with zero attached hydrogens (tertiary/aromatic N) is 5. The van der Waals surface area contributed by atoms with Gasteiger partial charge in [0, 0.05) is 34.9 Å². The molecule has 0 bridgehead atoms. The first kappa shape index (κ1) is 26.4. The molecule has 2 aromatic heterocycles. The van der Waals surface area contributed by atoms with E-state index in [1.807, 2.05) is 36.9 Å². The highest BCUT2D eigenvalue weighted by Gasteiger charge is 2.34. The van der Waals surface area contributed by atoms with Crippen molar-refractivity contribution < 1.29 is 33.3 Å². The van der Waals surface area contributed by atoms with Crippen molar-refractivity contribution in [1.82, 2.24) is 14.8 Å². The average Bonchev–Trinajstić information content (AvgIpc) is 3.31. The zero-order valence-electron chi connectivity index (χ0n) is 21.0. The number of aliphatic hydroxyl groups is 2. The molecule has 0 aliphatic carbocycles. The molecule has 5 rings (SSSR count). The van der Waals surface area contributed by atoms with Crippen molar-refractivity contribution in [3.05, 3.63) is 66.4 Å². The fourth-order valence-corrected chi connectivity index (χ4v) is 4.19. The van der Waals surface area contributed by atoms with Gasteiger partial charge in [-0.05, 0) is 62.4 Å². The number of halogens is 2.